The minimum Gasteiger partial charge on any atom is -0.309 e. The van der Waals surface area contributed by atoms with Crippen LogP contribution >= 0.6 is 11.3 Å². The summed E-state index contributed by atoms with van der Waals surface area (Å²) >= 11 is 1.89. The molecule has 0 radical (unpaired) electrons. The van der Waals surface area contributed by atoms with Crippen molar-refractivity contribution in [3.63, 3.8) is 0 Å². The predicted octanol–water partition coefficient (Wildman–Crippen LogP) is 3.30. The molecule has 1 N–H and O–H groups in total. The van der Waals surface area contributed by atoms with Gasteiger partial charge in [0.15, 0.2) is 0 Å². The Morgan fingerprint density at radius 2 is 2.20 bits per heavy atom. The first-order chi connectivity index (χ1) is 7.33. The van der Waals surface area contributed by atoms with E-state index >= 15 is 0 Å². The molecular weight excluding hydrogens is 204 g/mol. The molecule has 2 nitrogen and oxygen atoms in total. The fourth-order valence-corrected chi connectivity index (χ4v) is 2.90. The maximum absolute atomic E-state index is 4.54. The molecule has 15 heavy (non-hydrogen) atoms. The molecule has 0 atom stereocenters. The smallest absolute Gasteiger partial charge is 0.0958 e. The van der Waals surface area contributed by atoms with Gasteiger partial charge in [-0.2, -0.15) is 0 Å². The van der Waals surface area contributed by atoms with Crippen molar-refractivity contribution in [2.45, 2.75) is 58.0 Å². The lowest BCUT2D eigenvalue weighted by molar-refractivity contribution is 0.637. The Kier molecular flexibility index (Phi) is 3.76. The molecule has 0 amide bonds. The van der Waals surface area contributed by atoms with Gasteiger partial charge in [0.25, 0.3) is 0 Å². The molecule has 0 spiro atoms. The van der Waals surface area contributed by atoms with Crippen molar-refractivity contribution in [2.75, 3.05) is 0 Å². The number of aromatic nitrogens is 1. The fourth-order valence-electron chi connectivity index (χ4n) is 1.76. The molecule has 1 aliphatic carbocycles. The Labute approximate surface area is 96.1 Å². The van der Waals surface area contributed by atoms with Crippen LogP contribution in [0.1, 0.15) is 55.3 Å². The van der Waals surface area contributed by atoms with Gasteiger partial charge in [0, 0.05) is 29.6 Å². The van der Waals surface area contributed by atoms with E-state index in [0.29, 0.717) is 5.92 Å². The van der Waals surface area contributed by atoms with Crippen molar-refractivity contribution in [3.8, 4) is 0 Å². The zero-order valence-corrected chi connectivity index (χ0v) is 10.4. The minimum absolute atomic E-state index is 0.671. The van der Waals surface area contributed by atoms with E-state index < -0.39 is 0 Å². The first-order valence-electron chi connectivity index (χ1n) is 6.01. The molecule has 0 aliphatic heterocycles. The molecule has 1 heterocycles. The lowest BCUT2D eigenvalue weighted by Crippen LogP contribution is -2.14. The summed E-state index contributed by atoms with van der Waals surface area (Å²) in [4.78, 5) is 5.93. The Hall–Kier alpha value is -0.410. The van der Waals surface area contributed by atoms with Gasteiger partial charge in [-0.1, -0.05) is 13.8 Å². The van der Waals surface area contributed by atoms with Crippen molar-refractivity contribution in [3.05, 3.63) is 16.1 Å². The number of nitrogens with one attached hydrogen (secondary N) is 1. The van der Waals surface area contributed by atoms with Crippen LogP contribution in [0.2, 0.25) is 0 Å². The zero-order valence-electron chi connectivity index (χ0n) is 9.62. The summed E-state index contributed by atoms with van der Waals surface area (Å²) in [5, 5.41) is 4.86. The van der Waals surface area contributed by atoms with Crippen molar-refractivity contribution in [1.82, 2.24) is 10.3 Å². The van der Waals surface area contributed by atoms with E-state index in [4.69, 9.17) is 0 Å². The summed E-state index contributed by atoms with van der Waals surface area (Å²) < 4.78 is 0. The molecule has 84 valence electrons. The second kappa shape index (κ2) is 5.08. The van der Waals surface area contributed by atoms with Gasteiger partial charge in [0.2, 0.25) is 0 Å². The third-order valence-corrected chi connectivity index (χ3v) is 4.21. The van der Waals surface area contributed by atoms with E-state index in [-0.39, 0.29) is 0 Å². The number of thiazole rings is 1. The predicted molar refractivity (Wildman–Crippen MR) is 65.3 cm³/mol. The van der Waals surface area contributed by atoms with Crippen LogP contribution in [-0.4, -0.2) is 11.0 Å². The maximum atomic E-state index is 4.54. The summed E-state index contributed by atoms with van der Waals surface area (Å²) in [5.74, 6) is 0.671. The van der Waals surface area contributed by atoms with Gasteiger partial charge in [0.1, 0.15) is 0 Å². The van der Waals surface area contributed by atoms with Gasteiger partial charge in [-0.25, -0.2) is 4.98 Å². The quantitative estimate of drug-likeness (QED) is 0.802. The average molecular weight is 224 g/mol. The molecule has 1 aliphatic rings. The zero-order chi connectivity index (χ0) is 10.7. The highest BCUT2D eigenvalue weighted by Gasteiger charge is 2.20. The monoisotopic (exact) mass is 224 g/mol. The molecule has 0 saturated heterocycles. The molecule has 1 aromatic heterocycles. The van der Waals surface area contributed by atoms with Crippen molar-refractivity contribution in [2.24, 2.45) is 0 Å². The largest absolute Gasteiger partial charge is 0.309 e. The van der Waals surface area contributed by atoms with E-state index in [1.54, 1.807) is 0 Å². The van der Waals surface area contributed by atoms with Crippen LogP contribution in [0, 0.1) is 0 Å². The van der Waals surface area contributed by atoms with E-state index in [1.165, 1.54) is 35.6 Å². The summed E-state index contributed by atoms with van der Waals surface area (Å²) in [6, 6.07) is 0.795. The second-order valence-electron chi connectivity index (χ2n) is 4.33. The topological polar surface area (TPSA) is 24.9 Å². The number of hydrogen-bond acceptors (Lipinski definition) is 3. The van der Waals surface area contributed by atoms with Gasteiger partial charge in [-0.3, -0.25) is 0 Å². The van der Waals surface area contributed by atoms with Gasteiger partial charge < -0.3 is 5.32 Å². The Bertz CT molecular complexity index is 300. The van der Waals surface area contributed by atoms with Crippen LogP contribution in [-0.2, 0) is 6.54 Å². The molecule has 1 saturated carbocycles. The third-order valence-electron chi connectivity index (χ3n) is 3.05. The lowest BCUT2D eigenvalue weighted by Gasteiger charge is -2.06. The van der Waals surface area contributed by atoms with Gasteiger partial charge >= 0.3 is 0 Å². The van der Waals surface area contributed by atoms with Crippen LogP contribution in [0.25, 0.3) is 0 Å². The van der Waals surface area contributed by atoms with Crippen LogP contribution in [0.4, 0.5) is 0 Å². The highest BCUT2D eigenvalue weighted by molar-refractivity contribution is 7.11. The number of rotatable bonds is 6. The highest BCUT2D eigenvalue weighted by Crippen LogP contribution is 2.27. The number of hydrogen-bond donors (Lipinski definition) is 1. The molecule has 1 fully saturated rings. The molecule has 3 heteroatoms. The Balaban J connectivity index is 1.89. The molecule has 2 rings (SSSR count). The molecule has 0 bridgehead atoms. The first-order valence-corrected chi connectivity index (χ1v) is 6.83. The fraction of sp³-hybridized carbons (Fsp3) is 0.750. The van der Waals surface area contributed by atoms with Gasteiger partial charge in [-0.15, -0.1) is 11.3 Å². The van der Waals surface area contributed by atoms with Crippen molar-refractivity contribution in [1.29, 1.82) is 0 Å². The molecule has 1 aromatic rings. The van der Waals surface area contributed by atoms with Crippen molar-refractivity contribution < 1.29 is 0 Å². The SMILES string of the molecule is CCC(CC)c1ncc(CNC2CC2)s1. The second-order valence-corrected chi connectivity index (χ2v) is 5.48. The summed E-state index contributed by atoms with van der Waals surface area (Å²) in [6.45, 7) is 5.51. The van der Waals surface area contributed by atoms with Crippen LogP contribution in [0.3, 0.4) is 0 Å². The van der Waals surface area contributed by atoms with E-state index in [1.807, 2.05) is 17.5 Å². The summed E-state index contributed by atoms with van der Waals surface area (Å²) in [6.07, 6.45) is 7.18. The molecular formula is C12H20N2S. The van der Waals surface area contributed by atoms with E-state index in [0.717, 1.165) is 12.6 Å². The van der Waals surface area contributed by atoms with Crippen LogP contribution in [0.5, 0.6) is 0 Å². The van der Waals surface area contributed by atoms with E-state index in [9.17, 15) is 0 Å². The van der Waals surface area contributed by atoms with Gasteiger partial charge in [-0.05, 0) is 25.7 Å². The van der Waals surface area contributed by atoms with Crippen molar-refractivity contribution >= 4 is 11.3 Å². The molecule has 0 unspecified atom stereocenters. The summed E-state index contributed by atoms with van der Waals surface area (Å²) in [7, 11) is 0. The first kappa shape index (κ1) is 11.1. The standard InChI is InChI=1S/C12H20N2S/c1-3-9(4-2)12-14-8-11(15-12)7-13-10-5-6-10/h8-10,13H,3-7H2,1-2H3. The van der Waals surface area contributed by atoms with Crippen LogP contribution < -0.4 is 5.32 Å². The van der Waals surface area contributed by atoms with Crippen LogP contribution in [0.15, 0.2) is 6.20 Å². The molecule has 0 aromatic carbocycles. The Morgan fingerprint density at radius 1 is 1.47 bits per heavy atom. The third kappa shape index (κ3) is 3.02. The summed E-state index contributed by atoms with van der Waals surface area (Å²) in [5.41, 5.74) is 0. The Morgan fingerprint density at radius 3 is 2.80 bits per heavy atom. The number of nitrogens with zero attached hydrogens (tertiary/aromatic N) is 1. The normalized spacial score (nSPS) is 16.2. The maximum Gasteiger partial charge on any atom is 0.0958 e. The lowest BCUT2D eigenvalue weighted by atomic mass is 10.1. The minimum atomic E-state index is 0.671. The van der Waals surface area contributed by atoms with Gasteiger partial charge in [0.05, 0.1) is 5.01 Å². The van der Waals surface area contributed by atoms with E-state index in [2.05, 4.69) is 24.1 Å². The average Bonchev–Trinajstić information content (AvgIpc) is 2.97. The highest BCUT2D eigenvalue weighted by atomic mass is 32.1.